The summed E-state index contributed by atoms with van der Waals surface area (Å²) in [5.74, 6) is -0.0883. The van der Waals surface area contributed by atoms with Crippen molar-refractivity contribution in [2.24, 2.45) is 0 Å². The SMILES string of the molecule is FC(F)Oc1cc(Cl)cc(-c2c(Cl)ccc(Cl)c2Cl)c1. The molecular formula is C13H6Cl4F2O. The summed E-state index contributed by atoms with van der Waals surface area (Å²) < 4.78 is 28.9. The molecule has 106 valence electrons. The van der Waals surface area contributed by atoms with Crippen LogP contribution in [0.15, 0.2) is 30.3 Å². The van der Waals surface area contributed by atoms with Gasteiger partial charge in [0.2, 0.25) is 0 Å². The van der Waals surface area contributed by atoms with E-state index in [9.17, 15) is 8.78 Å². The minimum Gasteiger partial charge on any atom is -0.435 e. The van der Waals surface area contributed by atoms with E-state index < -0.39 is 6.61 Å². The van der Waals surface area contributed by atoms with Crippen LogP contribution in [0.5, 0.6) is 5.75 Å². The molecule has 0 fully saturated rings. The van der Waals surface area contributed by atoms with Crippen LogP contribution in [0.2, 0.25) is 20.1 Å². The minimum atomic E-state index is -2.95. The number of rotatable bonds is 3. The van der Waals surface area contributed by atoms with Crippen molar-refractivity contribution in [3.63, 3.8) is 0 Å². The van der Waals surface area contributed by atoms with E-state index in [1.165, 1.54) is 24.3 Å². The average molecular weight is 358 g/mol. The maximum Gasteiger partial charge on any atom is 0.387 e. The first-order chi connectivity index (χ1) is 9.38. The second kappa shape index (κ2) is 6.35. The first kappa shape index (κ1) is 15.6. The van der Waals surface area contributed by atoms with Crippen LogP contribution in [0.25, 0.3) is 11.1 Å². The lowest BCUT2D eigenvalue weighted by Crippen LogP contribution is -2.01. The summed E-state index contributed by atoms with van der Waals surface area (Å²) in [4.78, 5) is 0. The molecule has 0 spiro atoms. The second-order valence-corrected chi connectivity index (χ2v) is 5.40. The molecule has 7 heteroatoms. The van der Waals surface area contributed by atoms with Crippen LogP contribution in [0.4, 0.5) is 8.78 Å². The van der Waals surface area contributed by atoms with Gasteiger partial charge < -0.3 is 4.74 Å². The van der Waals surface area contributed by atoms with E-state index in [4.69, 9.17) is 46.4 Å². The molecule has 0 aliphatic carbocycles. The van der Waals surface area contributed by atoms with E-state index in [0.717, 1.165) is 0 Å². The Hall–Kier alpha value is -0.740. The fourth-order valence-corrected chi connectivity index (χ4v) is 2.64. The molecule has 2 rings (SSSR count). The number of benzene rings is 2. The smallest absolute Gasteiger partial charge is 0.387 e. The molecule has 0 radical (unpaired) electrons. The molecule has 0 atom stereocenters. The van der Waals surface area contributed by atoms with Gasteiger partial charge in [-0.3, -0.25) is 0 Å². The standard InChI is InChI=1S/C13H6Cl4F2O/c14-7-3-6(4-8(5-7)20-13(18)19)11-9(15)1-2-10(16)12(11)17/h1-5,13H. The van der Waals surface area contributed by atoms with Gasteiger partial charge >= 0.3 is 6.61 Å². The molecule has 1 nitrogen and oxygen atoms in total. The Morgan fingerprint density at radius 1 is 0.900 bits per heavy atom. The number of hydrogen-bond acceptors (Lipinski definition) is 1. The van der Waals surface area contributed by atoms with Gasteiger partial charge in [-0.1, -0.05) is 46.4 Å². The molecule has 0 unspecified atom stereocenters. The monoisotopic (exact) mass is 356 g/mol. The van der Waals surface area contributed by atoms with Crippen molar-refractivity contribution in [2.75, 3.05) is 0 Å². The molecule has 0 aliphatic heterocycles. The van der Waals surface area contributed by atoms with Crippen molar-refractivity contribution in [3.8, 4) is 16.9 Å². The zero-order chi connectivity index (χ0) is 14.9. The van der Waals surface area contributed by atoms with Gasteiger partial charge in [0.05, 0.1) is 10.0 Å². The summed E-state index contributed by atoms with van der Waals surface area (Å²) in [6.45, 7) is -2.95. The van der Waals surface area contributed by atoms with Gasteiger partial charge in [-0.2, -0.15) is 8.78 Å². The molecule has 0 heterocycles. The van der Waals surface area contributed by atoms with Crippen LogP contribution in [-0.2, 0) is 0 Å². The lowest BCUT2D eigenvalue weighted by molar-refractivity contribution is -0.0498. The summed E-state index contributed by atoms with van der Waals surface area (Å²) in [6.07, 6.45) is 0. The first-order valence-corrected chi connectivity index (χ1v) is 6.79. The number of ether oxygens (including phenoxy) is 1. The summed E-state index contributed by atoms with van der Waals surface area (Å²) in [7, 11) is 0. The van der Waals surface area contributed by atoms with E-state index in [2.05, 4.69) is 4.74 Å². The minimum absolute atomic E-state index is 0.0883. The Kier molecular flexibility index (Phi) is 4.97. The van der Waals surface area contributed by atoms with Crippen LogP contribution in [0.1, 0.15) is 0 Å². The molecule has 0 N–H and O–H groups in total. The molecule has 0 aliphatic rings. The maximum absolute atomic E-state index is 12.3. The van der Waals surface area contributed by atoms with E-state index in [1.807, 2.05) is 0 Å². The number of alkyl halides is 2. The van der Waals surface area contributed by atoms with E-state index in [-0.39, 0.29) is 15.8 Å². The molecule has 2 aromatic carbocycles. The fourth-order valence-electron chi connectivity index (χ4n) is 1.67. The van der Waals surface area contributed by atoms with E-state index in [1.54, 1.807) is 6.07 Å². The Labute approximate surface area is 134 Å². The Morgan fingerprint density at radius 3 is 2.20 bits per heavy atom. The predicted molar refractivity (Wildman–Crippen MR) is 78.6 cm³/mol. The maximum atomic E-state index is 12.3. The molecule has 0 bridgehead atoms. The van der Waals surface area contributed by atoms with Crippen molar-refractivity contribution < 1.29 is 13.5 Å². The summed E-state index contributed by atoms with van der Waals surface area (Å²) >= 11 is 24.0. The largest absolute Gasteiger partial charge is 0.435 e. The van der Waals surface area contributed by atoms with Crippen molar-refractivity contribution in [1.29, 1.82) is 0 Å². The predicted octanol–water partition coefficient (Wildman–Crippen LogP) is 6.57. The van der Waals surface area contributed by atoms with Crippen molar-refractivity contribution in [3.05, 3.63) is 50.4 Å². The summed E-state index contributed by atoms with van der Waals surface area (Å²) in [5.41, 5.74) is 0.841. The van der Waals surface area contributed by atoms with Crippen molar-refractivity contribution >= 4 is 46.4 Å². The molecule has 0 saturated heterocycles. The lowest BCUT2D eigenvalue weighted by atomic mass is 10.1. The molecule has 2 aromatic rings. The van der Waals surface area contributed by atoms with Crippen LogP contribution in [0, 0.1) is 0 Å². The third-order valence-corrected chi connectivity index (χ3v) is 3.77. The average Bonchev–Trinajstić information content (AvgIpc) is 2.33. The molecule has 0 saturated carbocycles. The fraction of sp³-hybridized carbons (Fsp3) is 0.0769. The summed E-state index contributed by atoms with van der Waals surface area (Å²) in [6, 6.07) is 7.25. The third-order valence-electron chi connectivity index (χ3n) is 2.43. The topological polar surface area (TPSA) is 9.23 Å². The molecular weight excluding hydrogens is 352 g/mol. The molecule has 0 amide bonds. The highest BCUT2D eigenvalue weighted by Crippen LogP contribution is 2.41. The van der Waals surface area contributed by atoms with E-state index in [0.29, 0.717) is 21.2 Å². The number of hydrogen-bond donors (Lipinski definition) is 0. The van der Waals surface area contributed by atoms with Gasteiger partial charge in [-0.15, -0.1) is 0 Å². The Bertz CT molecular complexity index is 647. The normalized spacial score (nSPS) is 10.9. The quantitative estimate of drug-likeness (QED) is 0.564. The van der Waals surface area contributed by atoms with Crippen LogP contribution in [0.3, 0.4) is 0 Å². The molecule has 20 heavy (non-hydrogen) atoms. The van der Waals surface area contributed by atoms with Crippen LogP contribution in [-0.4, -0.2) is 6.61 Å². The van der Waals surface area contributed by atoms with Crippen molar-refractivity contribution in [1.82, 2.24) is 0 Å². The number of halogens is 6. The zero-order valence-corrected chi connectivity index (χ0v) is 12.7. The van der Waals surface area contributed by atoms with Gasteiger partial charge in [0.25, 0.3) is 0 Å². The highest BCUT2D eigenvalue weighted by Gasteiger charge is 2.14. The Balaban J connectivity index is 2.58. The van der Waals surface area contributed by atoms with Crippen LogP contribution < -0.4 is 4.74 Å². The van der Waals surface area contributed by atoms with Gasteiger partial charge in [-0.05, 0) is 35.9 Å². The van der Waals surface area contributed by atoms with Gasteiger partial charge in [0, 0.05) is 15.6 Å². The zero-order valence-electron chi connectivity index (χ0n) is 9.64. The third kappa shape index (κ3) is 3.47. The van der Waals surface area contributed by atoms with E-state index >= 15 is 0 Å². The highest BCUT2D eigenvalue weighted by atomic mass is 35.5. The van der Waals surface area contributed by atoms with Crippen molar-refractivity contribution in [2.45, 2.75) is 6.61 Å². The highest BCUT2D eigenvalue weighted by molar-refractivity contribution is 6.46. The molecule has 0 aromatic heterocycles. The lowest BCUT2D eigenvalue weighted by Gasteiger charge is -2.11. The van der Waals surface area contributed by atoms with Gasteiger partial charge in [0.15, 0.2) is 0 Å². The van der Waals surface area contributed by atoms with Crippen LogP contribution >= 0.6 is 46.4 Å². The van der Waals surface area contributed by atoms with Gasteiger partial charge in [0.1, 0.15) is 5.75 Å². The Morgan fingerprint density at radius 2 is 1.55 bits per heavy atom. The second-order valence-electron chi connectivity index (χ2n) is 3.77. The first-order valence-electron chi connectivity index (χ1n) is 5.27. The van der Waals surface area contributed by atoms with Gasteiger partial charge in [-0.25, -0.2) is 0 Å². The summed E-state index contributed by atoms with van der Waals surface area (Å²) in [5, 5.41) is 1.04.